The number of aromatic nitrogens is 6. The molecule has 2 N–H and O–H groups in total. The summed E-state index contributed by atoms with van der Waals surface area (Å²) >= 11 is 1.35. The van der Waals surface area contributed by atoms with Gasteiger partial charge in [-0.1, -0.05) is 47.7 Å². The van der Waals surface area contributed by atoms with Crippen molar-refractivity contribution in [2.24, 2.45) is 0 Å². The number of fused-ring (bicyclic) bond motifs is 1. The van der Waals surface area contributed by atoms with Crippen LogP contribution in [0.1, 0.15) is 50.2 Å². The third-order valence-corrected chi connectivity index (χ3v) is 6.61. The van der Waals surface area contributed by atoms with E-state index in [0.717, 1.165) is 65.1 Å². The van der Waals surface area contributed by atoms with Crippen molar-refractivity contribution in [3.8, 4) is 0 Å². The molecule has 4 aromatic heterocycles. The molecular weight excluding hydrogens is 458 g/mol. The van der Waals surface area contributed by atoms with Gasteiger partial charge in [-0.3, -0.25) is 9.78 Å². The van der Waals surface area contributed by atoms with Crippen LogP contribution in [0.3, 0.4) is 0 Å². The molecule has 176 valence electrons. The van der Waals surface area contributed by atoms with Gasteiger partial charge in [-0.2, -0.15) is 5.10 Å². The molecule has 0 aliphatic heterocycles. The zero-order valence-electron chi connectivity index (χ0n) is 19.1. The first-order valence-electron chi connectivity index (χ1n) is 11.6. The molecule has 0 unspecified atom stereocenters. The molecular formula is C26H25N7OS. The molecule has 9 heteroatoms. The number of hydrogen-bond acceptors (Lipinski definition) is 7. The van der Waals surface area contributed by atoms with E-state index in [9.17, 15) is 4.79 Å². The molecule has 0 aliphatic carbocycles. The Balaban J connectivity index is 1.09. The Bertz CT molecular complexity index is 1400. The number of unbranched alkanes of at least 4 members (excludes halogenated alkanes) is 1. The number of rotatable bonds is 10. The largest absolute Gasteiger partial charge is 0.346 e. The van der Waals surface area contributed by atoms with Crippen molar-refractivity contribution in [1.82, 2.24) is 35.7 Å². The maximum Gasteiger partial charge on any atom is 0.282 e. The van der Waals surface area contributed by atoms with Crippen LogP contribution in [0.4, 0.5) is 0 Å². The summed E-state index contributed by atoms with van der Waals surface area (Å²) in [5.74, 6) is -0.209. The fraction of sp³-hybridized carbons (Fsp3) is 0.231. The number of nitrogens with zero attached hydrogens (tertiary/aromatic N) is 5. The third-order valence-electron chi connectivity index (χ3n) is 5.63. The Morgan fingerprint density at radius 3 is 2.63 bits per heavy atom. The fourth-order valence-corrected chi connectivity index (χ4v) is 4.65. The highest BCUT2D eigenvalue weighted by molar-refractivity contribution is 7.13. The summed E-state index contributed by atoms with van der Waals surface area (Å²) in [7, 11) is 0. The molecule has 1 aromatic carbocycles. The van der Waals surface area contributed by atoms with Gasteiger partial charge in [0.2, 0.25) is 5.01 Å². The molecule has 0 atom stereocenters. The van der Waals surface area contributed by atoms with Crippen molar-refractivity contribution in [2.75, 3.05) is 0 Å². The van der Waals surface area contributed by atoms with E-state index in [2.05, 4.69) is 72.1 Å². The minimum atomic E-state index is -0.209. The molecule has 0 saturated heterocycles. The van der Waals surface area contributed by atoms with E-state index in [-0.39, 0.29) is 5.91 Å². The number of benzene rings is 1. The Labute approximate surface area is 206 Å². The highest BCUT2D eigenvalue weighted by atomic mass is 32.1. The van der Waals surface area contributed by atoms with Gasteiger partial charge >= 0.3 is 0 Å². The summed E-state index contributed by atoms with van der Waals surface area (Å²) in [5.41, 5.74) is 5.14. The number of H-pyrrole nitrogens is 1. The summed E-state index contributed by atoms with van der Waals surface area (Å²) < 4.78 is 0. The van der Waals surface area contributed by atoms with Crippen LogP contribution >= 0.6 is 11.3 Å². The van der Waals surface area contributed by atoms with Gasteiger partial charge in [-0.25, -0.2) is 0 Å². The number of amides is 1. The first kappa shape index (κ1) is 22.8. The minimum Gasteiger partial charge on any atom is -0.346 e. The molecule has 4 heterocycles. The molecule has 0 saturated carbocycles. The van der Waals surface area contributed by atoms with Crippen molar-refractivity contribution in [3.63, 3.8) is 0 Å². The van der Waals surface area contributed by atoms with Gasteiger partial charge in [0.1, 0.15) is 5.01 Å². The molecule has 1 amide bonds. The number of aromatic amines is 1. The molecule has 0 aliphatic rings. The number of pyridine rings is 1. The Morgan fingerprint density at radius 1 is 0.914 bits per heavy atom. The van der Waals surface area contributed by atoms with Crippen molar-refractivity contribution in [3.05, 3.63) is 99.5 Å². The average Bonchev–Trinajstić information content (AvgIpc) is 3.53. The Morgan fingerprint density at radius 2 is 1.77 bits per heavy atom. The van der Waals surface area contributed by atoms with Crippen molar-refractivity contribution in [1.29, 1.82) is 0 Å². The van der Waals surface area contributed by atoms with Gasteiger partial charge in [0.15, 0.2) is 5.65 Å². The zero-order valence-corrected chi connectivity index (χ0v) is 20.0. The van der Waals surface area contributed by atoms with Gasteiger partial charge in [0.25, 0.3) is 5.91 Å². The van der Waals surface area contributed by atoms with Gasteiger partial charge in [-0.05, 0) is 48.6 Å². The van der Waals surface area contributed by atoms with E-state index in [1.165, 1.54) is 16.9 Å². The Kier molecular flexibility index (Phi) is 7.14. The monoisotopic (exact) mass is 483 g/mol. The van der Waals surface area contributed by atoms with E-state index in [4.69, 9.17) is 0 Å². The molecule has 0 bridgehead atoms. The molecule has 0 radical (unpaired) electrons. The second kappa shape index (κ2) is 11.0. The topological polar surface area (TPSA) is 109 Å². The van der Waals surface area contributed by atoms with Crippen LogP contribution in [-0.2, 0) is 25.8 Å². The maximum absolute atomic E-state index is 12.3. The van der Waals surface area contributed by atoms with Gasteiger partial charge in [0, 0.05) is 42.9 Å². The van der Waals surface area contributed by atoms with E-state index < -0.39 is 0 Å². The van der Waals surface area contributed by atoms with Crippen molar-refractivity contribution in [2.45, 2.75) is 38.6 Å². The van der Waals surface area contributed by atoms with Crippen LogP contribution in [0.25, 0.3) is 11.0 Å². The van der Waals surface area contributed by atoms with Crippen LogP contribution in [0.15, 0.2) is 67.0 Å². The standard InChI is InChI=1S/C26H25N7OS/c34-25(28-17-19-9-6-12-27-16-19)26-33-31-23(35-26)11-5-4-10-21-14-20-15-22(29-24(20)32-30-21)13-18-7-2-1-3-8-18/h1-3,6-9,12,14-16H,4-5,10-11,13,17H2,(H,28,34)(H,29,32). The highest BCUT2D eigenvalue weighted by Crippen LogP contribution is 2.18. The maximum atomic E-state index is 12.3. The number of nitrogens with one attached hydrogen (secondary N) is 2. The molecule has 0 fully saturated rings. The average molecular weight is 484 g/mol. The van der Waals surface area contributed by atoms with Crippen molar-refractivity contribution >= 4 is 28.3 Å². The Hall–Kier alpha value is -3.98. The highest BCUT2D eigenvalue weighted by Gasteiger charge is 2.13. The second-order valence-corrected chi connectivity index (χ2v) is 9.41. The van der Waals surface area contributed by atoms with E-state index >= 15 is 0 Å². The zero-order chi connectivity index (χ0) is 23.9. The van der Waals surface area contributed by atoms with Crippen LogP contribution in [-0.4, -0.2) is 36.3 Å². The summed E-state index contributed by atoms with van der Waals surface area (Å²) in [6.45, 7) is 0.419. The van der Waals surface area contributed by atoms with Crippen LogP contribution in [0.2, 0.25) is 0 Å². The summed E-state index contributed by atoms with van der Waals surface area (Å²) in [5, 5.41) is 22.2. The van der Waals surface area contributed by atoms with Gasteiger partial charge < -0.3 is 10.3 Å². The lowest BCUT2D eigenvalue weighted by Crippen LogP contribution is -2.22. The van der Waals surface area contributed by atoms with Crippen LogP contribution in [0, 0.1) is 0 Å². The predicted octanol–water partition coefficient (Wildman–Crippen LogP) is 4.29. The van der Waals surface area contributed by atoms with E-state index in [1.807, 2.05) is 18.2 Å². The SMILES string of the molecule is O=C(NCc1cccnc1)c1nnc(CCCCc2cc3cc(Cc4ccccc4)[nH]c3nn2)s1. The summed E-state index contributed by atoms with van der Waals surface area (Å²) in [4.78, 5) is 19.7. The lowest BCUT2D eigenvalue weighted by Gasteiger charge is -2.01. The molecule has 35 heavy (non-hydrogen) atoms. The molecule has 5 rings (SSSR count). The number of carbonyl (C=O) groups excluding carboxylic acids is 1. The smallest absolute Gasteiger partial charge is 0.282 e. The summed E-state index contributed by atoms with van der Waals surface area (Å²) in [6.07, 6.45) is 7.82. The lowest BCUT2D eigenvalue weighted by molar-refractivity contribution is 0.0949. The van der Waals surface area contributed by atoms with E-state index in [1.54, 1.807) is 12.4 Å². The normalized spacial score (nSPS) is 11.1. The quantitative estimate of drug-likeness (QED) is 0.287. The van der Waals surface area contributed by atoms with E-state index in [0.29, 0.717) is 11.6 Å². The number of aryl methyl sites for hydroxylation is 2. The molecule has 5 aromatic rings. The first-order chi connectivity index (χ1) is 17.2. The number of carbonyl (C=O) groups is 1. The van der Waals surface area contributed by atoms with Gasteiger partial charge in [0.05, 0.1) is 5.69 Å². The second-order valence-electron chi connectivity index (χ2n) is 8.35. The number of hydrogen-bond donors (Lipinski definition) is 2. The van der Waals surface area contributed by atoms with Gasteiger partial charge in [-0.15, -0.1) is 15.3 Å². The lowest BCUT2D eigenvalue weighted by atomic mass is 10.1. The first-order valence-corrected chi connectivity index (χ1v) is 12.4. The van der Waals surface area contributed by atoms with Crippen LogP contribution in [0.5, 0.6) is 0 Å². The van der Waals surface area contributed by atoms with Crippen molar-refractivity contribution < 1.29 is 4.79 Å². The minimum absolute atomic E-state index is 0.209. The molecule has 8 nitrogen and oxygen atoms in total. The van der Waals surface area contributed by atoms with Crippen LogP contribution < -0.4 is 5.32 Å². The summed E-state index contributed by atoms with van der Waals surface area (Å²) in [6, 6.07) is 18.4. The third kappa shape index (κ3) is 6.13. The molecule has 0 spiro atoms. The predicted molar refractivity (Wildman–Crippen MR) is 135 cm³/mol. The fourth-order valence-electron chi connectivity index (χ4n) is 3.85.